The maximum Gasteiger partial charge on any atom is 0.332 e. The number of para-hydroxylation sites is 1. The third-order valence-electron chi connectivity index (χ3n) is 1.83. The molecule has 0 aliphatic heterocycles. The Hall–Kier alpha value is -1.48. The number of hydrogen-bond acceptors (Lipinski definition) is 3. The van der Waals surface area contributed by atoms with Crippen LogP contribution in [0.4, 0.5) is 5.69 Å². The van der Waals surface area contributed by atoms with Gasteiger partial charge in [0.05, 0.1) is 17.3 Å². The van der Waals surface area contributed by atoms with Gasteiger partial charge in [0.25, 0.3) is 0 Å². The highest BCUT2D eigenvalue weighted by atomic mass is 35.5. The average Bonchev–Trinajstić information content (AvgIpc) is 2.21. The molecule has 0 saturated carbocycles. The number of nitrogens with one attached hydrogen (secondary N) is 1. The Kier molecular flexibility index (Phi) is 4.86. The van der Waals surface area contributed by atoms with Crippen molar-refractivity contribution >= 4 is 23.3 Å². The van der Waals surface area contributed by atoms with E-state index in [0.29, 0.717) is 17.3 Å². The van der Waals surface area contributed by atoms with E-state index in [1.165, 1.54) is 6.08 Å². The van der Waals surface area contributed by atoms with Crippen LogP contribution in [-0.4, -0.2) is 12.6 Å². The number of carbonyl (C=O) groups is 1. The normalized spacial score (nSPS) is 11.1. The molecule has 4 heteroatoms. The summed E-state index contributed by atoms with van der Waals surface area (Å²) in [4.78, 5) is 11.2. The molecule has 0 amide bonds. The molecule has 0 fully saturated rings. The molecule has 1 aromatic carbocycles. The standard InChI is InChI=1S/C12H14ClNO2/c1-3-16-12(15)8-9(2)14-11-7-5-4-6-10(11)13/h4-8,14H,3H2,1-2H3/b9-8-. The zero-order valence-corrected chi connectivity index (χ0v) is 10.0. The number of ether oxygens (including phenoxy) is 1. The van der Waals surface area contributed by atoms with Crippen molar-refractivity contribution in [1.29, 1.82) is 0 Å². The largest absolute Gasteiger partial charge is 0.463 e. The molecule has 16 heavy (non-hydrogen) atoms. The van der Waals surface area contributed by atoms with Crippen LogP contribution in [0.3, 0.4) is 0 Å². The van der Waals surface area contributed by atoms with Crippen LogP contribution in [-0.2, 0) is 9.53 Å². The molecule has 1 N–H and O–H groups in total. The molecule has 3 nitrogen and oxygen atoms in total. The highest BCUT2D eigenvalue weighted by molar-refractivity contribution is 6.33. The van der Waals surface area contributed by atoms with E-state index in [-0.39, 0.29) is 5.97 Å². The Bertz CT molecular complexity index is 402. The van der Waals surface area contributed by atoms with Crippen molar-refractivity contribution < 1.29 is 9.53 Å². The van der Waals surface area contributed by atoms with Crippen LogP contribution < -0.4 is 5.32 Å². The fourth-order valence-corrected chi connectivity index (χ4v) is 1.35. The molecular weight excluding hydrogens is 226 g/mol. The van der Waals surface area contributed by atoms with E-state index in [4.69, 9.17) is 16.3 Å². The topological polar surface area (TPSA) is 38.3 Å². The Morgan fingerprint density at radius 2 is 2.19 bits per heavy atom. The van der Waals surface area contributed by atoms with Crippen LogP contribution in [0.1, 0.15) is 13.8 Å². The lowest BCUT2D eigenvalue weighted by Crippen LogP contribution is -2.04. The minimum absolute atomic E-state index is 0.362. The fraction of sp³-hybridized carbons (Fsp3) is 0.250. The Labute approximate surface area is 100 Å². The first-order chi connectivity index (χ1) is 7.63. The first-order valence-electron chi connectivity index (χ1n) is 5.00. The molecule has 0 aliphatic carbocycles. The van der Waals surface area contributed by atoms with E-state index in [0.717, 1.165) is 5.69 Å². The third-order valence-corrected chi connectivity index (χ3v) is 2.16. The summed E-state index contributed by atoms with van der Waals surface area (Å²) < 4.78 is 4.79. The summed E-state index contributed by atoms with van der Waals surface area (Å²) in [6, 6.07) is 7.33. The molecule has 1 aromatic rings. The van der Waals surface area contributed by atoms with Crippen molar-refractivity contribution in [3.05, 3.63) is 41.1 Å². The van der Waals surface area contributed by atoms with Gasteiger partial charge in [0, 0.05) is 11.8 Å². The Morgan fingerprint density at radius 1 is 1.50 bits per heavy atom. The lowest BCUT2D eigenvalue weighted by molar-refractivity contribution is -0.137. The summed E-state index contributed by atoms with van der Waals surface area (Å²) in [5, 5.41) is 3.64. The van der Waals surface area contributed by atoms with Gasteiger partial charge >= 0.3 is 5.97 Å². The molecule has 0 spiro atoms. The maximum absolute atomic E-state index is 11.2. The van der Waals surface area contributed by atoms with Crippen molar-refractivity contribution in [2.75, 3.05) is 11.9 Å². The molecule has 0 aromatic heterocycles. The number of halogens is 1. The number of esters is 1. The van der Waals surface area contributed by atoms with Crippen LogP contribution >= 0.6 is 11.6 Å². The molecule has 0 aliphatic rings. The van der Waals surface area contributed by atoms with Crippen LogP contribution in [0.2, 0.25) is 5.02 Å². The van der Waals surface area contributed by atoms with Crippen molar-refractivity contribution in [2.24, 2.45) is 0 Å². The van der Waals surface area contributed by atoms with E-state index in [1.54, 1.807) is 19.9 Å². The highest BCUT2D eigenvalue weighted by Crippen LogP contribution is 2.21. The lowest BCUT2D eigenvalue weighted by atomic mass is 10.3. The molecule has 0 heterocycles. The fourth-order valence-electron chi connectivity index (χ4n) is 1.17. The van der Waals surface area contributed by atoms with Gasteiger partial charge in [-0.1, -0.05) is 23.7 Å². The van der Waals surface area contributed by atoms with E-state index >= 15 is 0 Å². The lowest BCUT2D eigenvalue weighted by Gasteiger charge is -2.07. The van der Waals surface area contributed by atoms with E-state index in [9.17, 15) is 4.79 Å². The molecule has 0 atom stereocenters. The first-order valence-corrected chi connectivity index (χ1v) is 5.38. The van der Waals surface area contributed by atoms with Gasteiger partial charge in [0.1, 0.15) is 0 Å². The Morgan fingerprint density at radius 3 is 2.81 bits per heavy atom. The number of rotatable bonds is 4. The second kappa shape index (κ2) is 6.18. The Balaban J connectivity index is 2.67. The molecule has 1 rings (SSSR count). The molecule has 86 valence electrons. The predicted octanol–water partition coefficient (Wildman–Crippen LogP) is 3.22. The molecule has 0 saturated heterocycles. The average molecular weight is 240 g/mol. The van der Waals surface area contributed by atoms with Crippen molar-refractivity contribution in [3.8, 4) is 0 Å². The smallest absolute Gasteiger partial charge is 0.332 e. The SMILES string of the molecule is CCOC(=O)/C=C(/C)Nc1ccccc1Cl. The van der Waals surface area contributed by atoms with Crippen molar-refractivity contribution in [3.63, 3.8) is 0 Å². The number of hydrogen-bond donors (Lipinski definition) is 1. The van der Waals surface area contributed by atoms with Gasteiger partial charge in [0.2, 0.25) is 0 Å². The summed E-state index contributed by atoms with van der Waals surface area (Å²) in [6.07, 6.45) is 1.40. The molecule has 0 bridgehead atoms. The minimum atomic E-state index is -0.362. The van der Waals surface area contributed by atoms with Crippen LogP contribution in [0, 0.1) is 0 Å². The quantitative estimate of drug-likeness (QED) is 0.648. The zero-order chi connectivity index (χ0) is 12.0. The third kappa shape index (κ3) is 3.95. The second-order valence-electron chi connectivity index (χ2n) is 3.18. The van der Waals surface area contributed by atoms with Gasteiger partial charge in [-0.15, -0.1) is 0 Å². The number of benzene rings is 1. The van der Waals surface area contributed by atoms with Crippen LogP contribution in [0.25, 0.3) is 0 Å². The molecule has 0 radical (unpaired) electrons. The van der Waals surface area contributed by atoms with Gasteiger partial charge in [0.15, 0.2) is 0 Å². The minimum Gasteiger partial charge on any atom is -0.463 e. The van der Waals surface area contributed by atoms with Gasteiger partial charge in [-0.25, -0.2) is 4.79 Å². The second-order valence-corrected chi connectivity index (χ2v) is 3.59. The summed E-state index contributed by atoms with van der Waals surface area (Å²) in [6.45, 7) is 3.91. The number of carbonyl (C=O) groups excluding carboxylic acids is 1. The summed E-state index contributed by atoms with van der Waals surface area (Å²) in [5.41, 5.74) is 1.45. The monoisotopic (exact) mass is 239 g/mol. The number of allylic oxidation sites excluding steroid dienone is 1. The zero-order valence-electron chi connectivity index (χ0n) is 9.29. The van der Waals surface area contributed by atoms with Gasteiger partial charge in [-0.2, -0.15) is 0 Å². The van der Waals surface area contributed by atoms with Crippen molar-refractivity contribution in [2.45, 2.75) is 13.8 Å². The van der Waals surface area contributed by atoms with E-state index < -0.39 is 0 Å². The first kappa shape index (κ1) is 12.6. The van der Waals surface area contributed by atoms with E-state index in [1.807, 2.05) is 18.2 Å². The number of anilines is 1. The summed E-state index contributed by atoms with van der Waals surface area (Å²) in [7, 11) is 0. The van der Waals surface area contributed by atoms with Gasteiger partial charge in [-0.3, -0.25) is 0 Å². The van der Waals surface area contributed by atoms with Crippen LogP contribution in [0.15, 0.2) is 36.0 Å². The predicted molar refractivity (Wildman–Crippen MR) is 65.5 cm³/mol. The summed E-state index contributed by atoms with van der Waals surface area (Å²) >= 11 is 5.96. The highest BCUT2D eigenvalue weighted by Gasteiger charge is 2.01. The van der Waals surface area contributed by atoms with Crippen molar-refractivity contribution in [1.82, 2.24) is 0 Å². The van der Waals surface area contributed by atoms with Crippen LogP contribution in [0.5, 0.6) is 0 Å². The van der Waals surface area contributed by atoms with E-state index in [2.05, 4.69) is 5.32 Å². The molecular formula is C12H14ClNO2. The van der Waals surface area contributed by atoms with Gasteiger partial charge < -0.3 is 10.1 Å². The summed E-state index contributed by atoms with van der Waals surface area (Å²) in [5.74, 6) is -0.362. The molecule has 0 unspecified atom stereocenters. The maximum atomic E-state index is 11.2. The van der Waals surface area contributed by atoms with Gasteiger partial charge in [-0.05, 0) is 26.0 Å².